The Morgan fingerprint density at radius 2 is 2.03 bits per heavy atom. The molecular formula is C21H24N4O3S. The van der Waals surface area contributed by atoms with E-state index in [0.717, 1.165) is 48.1 Å². The van der Waals surface area contributed by atoms with Crippen molar-refractivity contribution in [2.45, 2.75) is 39.2 Å². The van der Waals surface area contributed by atoms with E-state index in [-0.39, 0.29) is 11.5 Å². The molecular weight excluding hydrogens is 388 g/mol. The molecule has 8 heteroatoms. The predicted molar refractivity (Wildman–Crippen MR) is 112 cm³/mol. The number of aromatic nitrogens is 2. The molecule has 3 aromatic rings. The van der Waals surface area contributed by atoms with E-state index in [0.29, 0.717) is 31.2 Å². The van der Waals surface area contributed by atoms with Gasteiger partial charge in [-0.05, 0) is 44.2 Å². The second-order valence-electron chi connectivity index (χ2n) is 7.90. The molecule has 4 heterocycles. The molecule has 0 saturated carbocycles. The van der Waals surface area contributed by atoms with E-state index in [1.54, 1.807) is 17.6 Å². The summed E-state index contributed by atoms with van der Waals surface area (Å²) in [6, 6.07) is 1.81. The highest BCUT2D eigenvalue weighted by molar-refractivity contribution is 7.18. The Bertz CT molecular complexity index is 1120. The van der Waals surface area contributed by atoms with Crippen molar-refractivity contribution in [3.05, 3.63) is 50.3 Å². The molecule has 0 spiro atoms. The zero-order valence-electron chi connectivity index (χ0n) is 16.5. The molecule has 1 aliphatic heterocycles. The monoisotopic (exact) mass is 412 g/mol. The average molecular weight is 413 g/mol. The maximum Gasteiger partial charge on any atom is 0.289 e. The molecule has 0 atom stereocenters. The number of furan rings is 1. The third-order valence-electron chi connectivity index (χ3n) is 5.96. The number of H-pyrrole nitrogens is 1. The van der Waals surface area contributed by atoms with Gasteiger partial charge in [-0.1, -0.05) is 0 Å². The van der Waals surface area contributed by atoms with Gasteiger partial charge in [-0.15, -0.1) is 11.3 Å². The van der Waals surface area contributed by atoms with Crippen LogP contribution in [0.1, 0.15) is 45.2 Å². The van der Waals surface area contributed by atoms with E-state index in [2.05, 4.69) is 9.88 Å². The van der Waals surface area contributed by atoms with Crippen LogP contribution in [0.25, 0.3) is 10.2 Å². The van der Waals surface area contributed by atoms with Crippen LogP contribution in [0.3, 0.4) is 0 Å². The van der Waals surface area contributed by atoms with Crippen LogP contribution in [-0.2, 0) is 19.4 Å². The number of hydrogen-bond donors (Lipinski definition) is 1. The maximum absolute atomic E-state index is 12.7. The summed E-state index contributed by atoms with van der Waals surface area (Å²) in [4.78, 5) is 39.3. The summed E-state index contributed by atoms with van der Waals surface area (Å²) in [7, 11) is 0. The van der Waals surface area contributed by atoms with Gasteiger partial charge in [-0.2, -0.15) is 0 Å². The molecule has 0 aromatic carbocycles. The first-order chi connectivity index (χ1) is 14.1. The van der Waals surface area contributed by atoms with Crippen molar-refractivity contribution in [1.82, 2.24) is 19.8 Å². The summed E-state index contributed by atoms with van der Waals surface area (Å²) >= 11 is 1.68. The zero-order valence-corrected chi connectivity index (χ0v) is 17.3. The Morgan fingerprint density at radius 3 is 2.79 bits per heavy atom. The van der Waals surface area contributed by atoms with Crippen LogP contribution >= 0.6 is 11.3 Å². The van der Waals surface area contributed by atoms with Crippen LogP contribution in [0.5, 0.6) is 0 Å². The van der Waals surface area contributed by atoms with Crippen LogP contribution in [0, 0.1) is 6.92 Å². The number of thiophene rings is 1. The number of carbonyl (C=O) groups is 1. The van der Waals surface area contributed by atoms with Crippen LogP contribution in [-0.4, -0.2) is 51.9 Å². The van der Waals surface area contributed by atoms with E-state index in [4.69, 9.17) is 9.40 Å². The molecule has 3 aromatic heterocycles. The number of fused-ring (bicyclic) bond motifs is 3. The lowest BCUT2D eigenvalue weighted by molar-refractivity contribution is 0.0594. The third-order valence-corrected chi connectivity index (χ3v) is 7.15. The Hall–Kier alpha value is -2.45. The van der Waals surface area contributed by atoms with E-state index in [9.17, 15) is 9.59 Å². The quantitative estimate of drug-likeness (QED) is 0.715. The fraction of sp³-hybridized carbons (Fsp3) is 0.476. The number of amides is 1. The molecule has 1 fully saturated rings. The van der Waals surface area contributed by atoms with Gasteiger partial charge in [0.2, 0.25) is 0 Å². The minimum Gasteiger partial charge on any atom is -0.459 e. The topological polar surface area (TPSA) is 82.4 Å². The number of aromatic amines is 1. The third kappa shape index (κ3) is 3.40. The van der Waals surface area contributed by atoms with Crippen LogP contribution in [0.15, 0.2) is 21.5 Å². The van der Waals surface area contributed by atoms with Gasteiger partial charge in [0.15, 0.2) is 5.76 Å². The molecule has 7 nitrogen and oxygen atoms in total. The molecule has 152 valence electrons. The summed E-state index contributed by atoms with van der Waals surface area (Å²) in [5, 5.41) is 0.803. The Morgan fingerprint density at radius 1 is 1.24 bits per heavy atom. The Labute approximate surface area is 172 Å². The first-order valence-electron chi connectivity index (χ1n) is 10.2. The van der Waals surface area contributed by atoms with Crippen molar-refractivity contribution in [3.63, 3.8) is 0 Å². The molecule has 5 rings (SSSR count). The average Bonchev–Trinajstić information content (AvgIpc) is 3.31. The van der Waals surface area contributed by atoms with Crippen LogP contribution in [0.4, 0.5) is 0 Å². The molecule has 1 amide bonds. The highest BCUT2D eigenvalue weighted by Crippen LogP contribution is 2.33. The van der Waals surface area contributed by atoms with Gasteiger partial charge >= 0.3 is 0 Å². The van der Waals surface area contributed by atoms with Gasteiger partial charge in [0.25, 0.3) is 11.5 Å². The van der Waals surface area contributed by atoms with Crippen LogP contribution in [0.2, 0.25) is 0 Å². The maximum atomic E-state index is 12.7. The van der Waals surface area contributed by atoms with E-state index in [1.807, 2.05) is 17.9 Å². The highest BCUT2D eigenvalue weighted by Gasteiger charge is 2.26. The standard InChI is InChI=1S/C21H24N4O3S/c1-13-6-11-28-18(13)21(27)25-9-7-24(8-10-25)12-16-22-19(26)17-14-4-2-3-5-15(14)29-20(17)23-16/h6,11H,2-5,7-10,12H2,1H3,(H,22,23,26). The Kier molecular flexibility index (Phi) is 4.75. The summed E-state index contributed by atoms with van der Waals surface area (Å²) in [5.74, 6) is 1.09. The van der Waals surface area contributed by atoms with Crippen molar-refractivity contribution in [3.8, 4) is 0 Å². The number of piperazine rings is 1. The fourth-order valence-corrected chi connectivity index (χ4v) is 5.62. The largest absolute Gasteiger partial charge is 0.459 e. The summed E-state index contributed by atoms with van der Waals surface area (Å²) in [6.07, 6.45) is 5.96. The van der Waals surface area contributed by atoms with Crippen molar-refractivity contribution >= 4 is 27.5 Å². The highest BCUT2D eigenvalue weighted by atomic mass is 32.1. The molecule has 0 radical (unpaired) electrons. The number of aryl methyl sites for hydroxylation is 3. The summed E-state index contributed by atoms with van der Waals surface area (Å²) in [5.41, 5.74) is 2.08. The normalized spacial score (nSPS) is 17.6. The number of hydrogen-bond acceptors (Lipinski definition) is 6. The van der Waals surface area contributed by atoms with Crippen LogP contribution < -0.4 is 5.56 Å². The van der Waals surface area contributed by atoms with Crippen molar-refractivity contribution in [2.75, 3.05) is 26.2 Å². The molecule has 0 unspecified atom stereocenters. The van der Waals surface area contributed by atoms with E-state index in [1.165, 1.54) is 16.9 Å². The summed E-state index contributed by atoms with van der Waals surface area (Å²) in [6.45, 7) is 5.24. The number of nitrogens with zero attached hydrogens (tertiary/aromatic N) is 3. The van der Waals surface area contributed by atoms with Gasteiger partial charge in [-0.25, -0.2) is 4.98 Å². The number of carbonyl (C=O) groups excluding carboxylic acids is 1. The number of rotatable bonds is 3. The molecule has 2 aliphatic rings. The fourth-order valence-electron chi connectivity index (χ4n) is 4.34. The first kappa shape index (κ1) is 18.6. The van der Waals surface area contributed by atoms with E-state index < -0.39 is 0 Å². The SMILES string of the molecule is Cc1ccoc1C(=O)N1CCN(Cc2nc3sc4c(c3c(=O)[nH]2)CCCC4)CC1. The minimum atomic E-state index is -0.0516. The minimum absolute atomic E-state index is 0.00786. The lowest BCUT2D eigenvalue weighted by Gasteiger charge is -2.34. The predicted octanol–water partition coefficient (Wildman–Crippen LogP) is 2.72. The van der Waals surface area contributed by atoms with E-state index >= 15 is 0 Å². The molecule has 0 bridgehead atoms. The Balaban J connectivity index is 1.28. The molecule has 1 saturated heterocycles. The molecule has 1 aliphatic carbocycles. The molecule has 1 N–H and O–H groups in total. The lowest BCUT2D eigenvalue weighted by atomic mass is 9.97. The number of nitrogens with one attached hydrogen (secondary N) is 1. The molecule has 29 heavy (non-hydrogen) atoms. The second-order valence-corrected chi connectivity index (χ2v) is 8.99. The van der Waals surface area contributed by atoms with Crippen molar-refractivity contribution in [2.24, 2.45) is 0 Å². The van der Waals surface area contributed by atoms with Gasteiger partial charge in [0.05, 0.1) is 18.2 Å². The van der Waals surface area contributed by atoms with Crippen molar-refractivity contribution < 1.29 is 9.21 Å². The summed E-state index contributed by atoms with van der Waals surface area (Å²) < 4.78 is 5.34. The lowest BCUT2D eigenvalue weighted by Crippen LogP contribution is -2.48. The smallest absolute Gasteiger partial charge is 0.289 e. The van der Waals surface area contributed by atoms with Crippen molar-refractivity contribution in [1.29, 1.82) is 0 Å². The van der Waals surface area contributed by atoms with Gasteiger partial charge in [-0.3, -0.25) is 14.5 Å². The zero-order chi connectivity index (χ0) is 20.0. The first-order valence-corrected chi connectivity index (χ1v) is 11.0. The second kappa shape index (κ2) is 7.42. The van der Waals surface area contributed by atoms with Gasteiger partial charge < -0.3 is 14.3 Å². The van der Waals surface area contributed by atoms with Gasteiger partial charge in [0.1, 0.15) is 10.7 Å². The van der Waals surface area contributed by atoms with Gasteiger partial charge in [0, 0.05) is 36.6 Å².